The van der Waals surface area contributed by atoms with E-state index in [0.717, 1.165) is 96.6 Å². The molecule has 3 fully saturated rings. The Labute approximate surface area is 197 Å². The van der Waals surface area contributed by atoms with Crippen molar-refractivity contribution in [3.63, 3.8) is 0 Å². The smallest absolute Gasteiger partial charge is 0.193 e. The highest BCUT2D eigenvalue weighted by molar-refractivity contribution is 14.0. The first-order valence-corrected chi connectivity index (χ1v) is 11.4. The van der Waals surface area contributed by atoms with Crippen molar-refractivity contribution in [2.75, 3.05) is 65.6 Å². The Morgan fingerprint density at radius 1 is 1.17 bits per heavy atom. The molecule has 1 aromatic heterocycles. The summed E-state index contributed by atoms with van der Waals surface area (Å²) in [6, 6.07) is 3.98. The summed E-state index contributed by atoms with van der Waals surface area (Å²) in [5.41, 5.74) is 0. The number of ether oxygens (including phenoxy) is 2. The summed E-state index contributed by atoms with van der Waals surface area (Å²) in [4.78, 5) is 9.92. The third-order valence-electron chi connectivity index (χ3n) is 6.25. The van der Waals surface area contributed by atoms with Gasteiger partial charge in [0.1, 0.15) is 5.76 Å². The fourth-order valence-corrected chi connectivity index (χ4v) is 4.60. The second-order valence-electron chi connectivity index (χ2n) is 8.32. The van der Waals surface area contributed by atoms with Gasteiger partial charge in [0.2, 0.25) is 0 Å². The maximum Gasteiger partial charge on any atom is 0.193 e. The van der Waals surface area contributed by atoms with Crippen molar-refractivity contribution < 1.29 is 13.9 Å². The summed E-state index contributed by atoms with van der Waals surface area (Å²) >= 11 is 0. The van der Waals surface area contributed by atoms with E-state index in [4.69, 9.17) is 18.9 Å². The molecule has 1 aromatic rings. The molecular weight excluding hydrogens is 495 g/mol. The molecule has 0 radical (unpaired) electrons. The summed E-state index contributed by atoms with van der Waals surface area (Å²) in [7, 11) is 0. The number of rotatable bonds is 7. The normalized spacial score (nSPS) is 25.5. The second kappa shape index (κ2) is 12.9. The first-order chi connectivity index (χ1) is 14.4. The van der Waals surface area contributed by atoms with Crippen molar-refractivity contribution in [3.8, 4) is 0 Å². The van der Waals surface area contributed by atoms with Gasteiger partial charge in [0, 0.05) is 64.8 Å². The molecule has 1 N–H and O–H groups in total. The first kappa shape index (κ1) is 23.8. The zero-order valence-corrected chi connectivity index (χ0v) is 20.3. The molecule has 3 aliphatic rings. The zero-order chi connectivity index (χ0) is 19.7. The van der Waals surface area contributed by atoms with Gasteiger partial charge in [0.05, 0.1) is 25.6 Å². The SMILES string of the molecule is I.c1coc(CCNC(=NCCCN2CCOCC2)N2CCC3OCCCC3C2)c1. The monoisotopic (exact) mass is 532 g/mol. The van der Waals surface area contributed by atoms with Crippen LogP contribution in [-0.2, 0) is 15.9 Å². The molecule has 0 aliphatic carbocycles. The molecule has 4 rings (SSSR count). The molecule has 170 valence electrons. The number of hydrogen-bond donors (Lipinski definition) is 1. The number of furan rings is 1. The van der Waals surface area contributed by atoms with E-state index in [-0.39, 0.29) is 24.0 Å². The Hall–Kier alpha value is -0.840. The third kappa shape index (κ3) is 7.10. The molecule has 2 unspecified atom stereocenters. The molecule has 30 heavy (non-hydrogen) atoms. The molecule has 0 saturated carbocycles. The van der Waals surface area contributed by atoms with Crippen LogP contribution in [-0.4, -0.2) is 87.5 Å². The minimum atomic E-state index is 0. The molecule has 3 saturated heterocycles. The summed E-state index contributed by atoms with van der Waals surface area (Å²) < 4.78 is 16.9. The molecule has 7 nitrogen and oxygen atoms in total. The maximum absolute atomic E-state index is 5.99. The molecule has 0 aromatic carbocycles. The van der Waals surface area contributed by atoms with Gasteiger partial charge in [-0.25, -0.2) is 0 Å². The van der Waals surface area contributed by atoms with Gasteiger partial charge >= 0.3 is 0 Å². The fourth-order valence-electron chi connectivity index (χ4n) is 4.60. The third-order valence-corrected chi connectivity index (χ3v) is 6.25. The minimum absolute atomic E-state index is 0. The lowest BCUT2D eigenvalue weighted by atomic mass is 9.88. The van der Waals surface area contributed by atoms with Crippen LogP contribution < -0.4 is 5.32 Å². The van der Waals surface area contributed by atoms with Crippen molar-refractivity contribution >= 4 is 29.9 Å². The van der Waals surface area contributed by atoms with E-state index in [9.17, 15) is 0 Å². The number of nitrogens with zero attached hydrogens (tertiary/aromatic N) is 3. The maximum atomic E-state index is 5.99. The van der Waals surface area contributed by atoms with Crippen molar-refractivity contribution in [2.24, 2.45) is 10.9 Å². The van der Waals surface area contributed by atoms with Gasteiger partial charge in [-0.05, 0) is 37.8 Å². The van der Waals surface area contributed by atoms with Gasteiger partial charge in [0.25, 0.3) is 0 Å². The Morgan fingerprint density at radius 3 is 2.90 bits per heavy atom. The number of morpholine rings is 1. The van der Waals surface area contributed by atoms with Crippen LogP contribution in [0.1, 0.15) is 31.4 Å². The summed E-state index contributed by atoms with van der Waals surface area (Å²) in [5, 5.41) is 3.60. The zero-order valence-electron chi connectivity index (χ0n) is 18.0. The van der Waals surface area contributed by atoms with Crippen molar-refractivity contribution in [1.82, 2.24) is 15.1 Å². The average Bonchev–Trinajstić information content (AvgIpc) is 3.29. The highest BCUT2D eigenvalue weighted by Gasteiger charge is 2.33. The lowest BCUT2D eigenvalue weighted by molar-refractivity contribution is -0.0559. The van der Waals surface area contributed by atoms with Crippen LogP contribution in [0.5, 0.6) is 0 Å². The molecule has 3 aliphatic heterocycles. The molecule has 8 heteroatoms. The minimum Gasteiger partial charge on any atom is -0.469 e. The van der Waals surface area contributed by atoms with Crippen LogP contribution in [0.25, 0.3) is 0 Å². The molecule has 4 heterocycles. The number of hydrogen-bond acceptors (Lipinski definition) is 5. The number of piperidine rings is 1. The Bertz CT molecular complexity index is 622. The van der Waals surface area contributed by atoms with Crippen LogP contribution in [0, 0.1) is 5.92 Å². The lowest BCUT2D eigenvalue weighted by Crippen LogP contribution is -2.52. The molecule has 0 amide bonds. The Balaban J connectivity index is 0.00000256. The van der Waals surface area contributed by atoms with Crippen molar-refractivity contribution in [2.45, 2.75) is 38.2 Å². The van der Waals surface area contributed by atoms with Gasteiger partial charge in [-0.3, -0.25) is 9.89 Å². The predicted octanol–water partition coefficient (Wildman–Crippen LogP) is 2.61. The van der Waals surface area contributed by atoms with E-state index in [1.807, 2.05) is 12.1 Å². The van der Waals surface area contributed by atoms with Crippen LogP contribution in [0.3, 0.4) is 0 Å². The van der Waals surface area contributed by atoms with E-state index < -0.39 is 0 Å². The topological polar surface area (TPSA) is 62.5 Å². The quantitative estimate of drug-likeness (QED) is 0.252. The highest BCUT2D eigenvalue weighted by atomic mass is 127. The van der Waals surface area contributed by atoms with Crippen molar-refractivity contribution in [3.05, 3.63) is 24.2 Å². The summed E-state index contributed by atoms with van der Waals surface area (Å²) in [5.74, 6) is 2.72. The molecule has 0 bridgehead atoms. The lowest BCUT2D eigenvalue weighted by Gasteiger charge is -2.42. The molecular formula is C22H37IN4O3. The van der Waals surface area contributed by atoms with Gasteiger partial charge in [0.15, 0.2) is 5.96 Å². The van der Waals surface area contributed by atoms with Gasteiger partial charge in [-0.2, -0.15) is 0 Å². The number of nitrogens with one attached hydrogen (secondary N) is 1. The van der Waals surface area contributed by atoms with E-state index in [1.54, 1.807) is 6.26 Å². The van der Waals surface area contributed by atoms with Crippen LogP contribution in [0.15, 0.2) is 27.8 Å². The fraction of sp³-hybridized carbons (Fsp3) is 0.773. The van der Waals surface area contributed by atoms with Crippen LogP contribution in [0.4, 0.5) is 0 Å². The molecule has 0 spiro atoms. The number of aliphatic imine (C=N–C) groups is 1. The van der Waals surface area contributed by atoms with E-state index in [2.05, 4.69) is 15.1 Å². The predicted molar refractivity (Wildman–Crippen MR) is 129 cm³/mol. The van der Waals surface area contributed by atoms with E-state index in [0.29, 0.717) is 12.0 Å². The van der Waals surface area contributed by atoms with E-state index >= 15 is 0 Å². The number of halogens is 1. The van der Waals surface area contributed by atoms with Gasteiger partial charge < -0.3 is 24.1 Å². The van der Waals surface area contributed by atoms with Crippen LogP contribution >= 0.6 is 24.0 Å². The number of likely N-dealkylation sites (tertiary alicyclic amines) is 1. The standard InChI is InChI=1S/C22H36N4O3.HI/c1-4-19-18-26(11-7-21(19)29-15-1)22(24-9-6-20-5-2-14-28-20)23-8-3-10-25-12-16-27-17-13-25;/h2,5,14,19,21H,1,3-4,6-13,15-18H2,(H,23,24);1H. The largest absolute Gasteiger partial charge is 0.469 e. The van der Waals surface area contributed by atoms with Gasteiger partial charge in [-0.15, -0.1) is 24.0 Å². The average molecular weight is 532 g/mol. The van der Waals surface area contributed by atoms with E-state index in [1.165, 1.54) is 12.8 Å². The molecule has 2 atom stereocenters. The number of fused-ring (bicyclic) bond motifs is 1. The van der Waals surface area contributed by atoms with Crippen molar-refractivity contribution in [1.29, 1.82) is 0 Å². The number of guanidine groups is 1. The Morgan fingerprint density at radius 2 is 2.07 bits per heavy atom. The van der Waals surface area contributed by atoms with Crippen LogP contribution in [0.2, 0.25) is 0 Å². The summed E-state index contributed by atoms with van der Waals surface area (Å²) in [6.45, 7) is 9.65. The Kier molecular flexibility index (Phi) is 10.2. The van der Waals surface area contributed by atoms with Gasteiger partial charge in [-0.1, -0.05) is 0 Å². The first-order valence-electron chi connectivity index (χ1n) is 11.4. The second-order valence-corrected chi connectivity index (χ2v) is 8.32. The highest BCUT2D eigenvalue weighted by Crippen LogP contribution is 2.28. The summed E-state index contributed by atoms with van der Waals surface area (Å²) in [6.07, 6.45) is 7.73.